The summed E-state index contributed by atoms with van der Waals surface area (Å²) in [6.07, 6.45) is 2.53. The summed E-state index contributed by atoms with van der Waals surface area (Å²) in [5.41, 5.74) is 1.25. The predicted molar refractivity (Wildman–Crippen MR) is 135 cm³/mol. The lowest BCUT2D eigenvalue weighted by Gasteiger charge is -2.52. The molecule has 35 heavy (non-hydrogen) atoms. The van der Waals surface area contributed by atoms with Crippen LogP contribution in [0.15, 0.2) is 54.7 Å². The normalized spacial score (nSPS) is 18.4. The fraction of sp³-hybridized carbons (Fsp3) is 0.464. The van der Waals surface area contributed by atoms with Crippen LogP contribution in [-0.4, -0.2) is 45.6 Å². The van der Waals surface area contributed by atoms with Crippen molar-refractivity contribution in [2.75, 3.05) is 20.2 Å². The van der Waals surface area contributed by atoms with Gasteiger partial charge in [-0.1, -0.05) is 51.1 Å². The minimum absolute atomic E-state index is 0.386. The Morgan fingerprint density at radius 2 is 1.80 bits per heavy atom. The molecule has 0 spiro atoms. The van der Waals surface area contributed by atoms with E-state index in [1.165, 1.54) is 5.56 Å². The summed E-state index contributed by atoms with van der Waals surface area (Å²) in [4.78, 5) is 4.39. The summed E-state index contributed by atoms with van der Waals surface area (Å²) in [5, 5.41) is 35.2. The summed E-state index contributed by atoms with van der Waals surface area (Å²) in [7, 11) is 1.55. The Balaban J connectivity index is 1.63. The van der Waals surface area contributed by atoms with Gasteiger partial charge in [0.1, 0.15) is 11.2 Å². The summed E-state index contributed by atoms with van der Waals surface area (Å²) >= 11 is 0. The molecule has 2 aromatic heterocycles. The Kier molecular flexibility index (Phi) is 6.95. The number of hydrogen-bond donors (Lipinski definition) is 3. The number of nitrogens with one attached hydrogen (secondary N) is 1. The molecular weight excluding hydrogens is 440 g/mol. The van der Waals surface area contributed by atoms with E-state index in [1.54, 1.807) is 32.4 Å². The minimum Gasteiger partial charge on any atom is -0.481 e. The summed E-state index contributed by atoms with van der Waals surface area (Å²) in [5.74, 6) is 0.875. The van der Waals surface area contributed by atoms with Gasteiger partial charge in [0.2, 0.25) is 5.88 Å². The van der Waals surface area contributed by atoms with Crippen LogP contribution in [0.4, 0.5) is 0 Å². The maximum atomic E-state index is 12.3. The third-order valence-corrected chi connectivity index (χ3v) is 7.37. The van der Waals surface area contributed by atoms with E-state index in [4.69, 9.17) is 4.74 Å². The number of aromatic nitrogens is 3. The van der Waals surface area contributed by atoms with E-state index < -0.39 is 11.2 Å². The smallest absolute Gasteiger partial charge is 0.213 e. The molecule has 0 amide bonds. The molecule has 2 unspecified atom stereocenters. The molecule has 0 aliphatic carbocycles. The Morgan fingerprint density at radius 1 is 1.09 bits per heavy atom. The maximum Gasteiger partial charge on any atom is 0.213 e. The zero-order valence-corrected chi connectivity index (χ0v) is 21.2. The lowest BCUT2D eigenvalue weighted by atomic mass is 9.63. The van der Waals surface area contributed by atoms with Gasteiger partial charge in [-0.15, -0.1) is 0 Å². The van der Waals surface area contributed by atoms with Crippen LogP contribution in [0, 0.1) is 5.41 Å². The first-order chi connectivity index (χ1) is 16.6. The first-order valence-electron chi connectivity index (χ1n) is 12.2. The molecule has 3 N–H and O–H groups in total. The number of ether oxygens (including phenoxy) is 1. The molecule has 1 aromatic carbocycles. The Hall–Kier alpha value is -2.87. The molecule has 0 saturated carbocycles. The van der Waals surface area contributed by atoms with E-state index in [1.807, 2.05) is 24.3 Å². The van der Waals surface area contributed by atoms with Crippen molar-refractivity contribution < 1.29 is 14.9 Å². The average Bonchev–Trinajstić information content (AvgIpc) is 2.86. The van der Waals surface area contributed by atoms with E-state index >= 15 is 0 Å². The molecule has 2 atom stereocenters. The van der Waals surface area contributed by atoms with Gasteiger partial charge in [0, 0.05) is 30.1 Å². The van der Waals surface area contributed by atoms with Crippen LogP contribution in [0.25, 0.3) is 0 Å². The highest BCUT2D eigenvalue weighted by Gasteiger charge is 2.53. The van der Waals surface area contributed by atoms with E-state index in [0.29, 0.717) is 54.7 Å². The lowest BCUT2D eigenvalue weighted by molar-refractivity contribution is -0.0771. The Bertz CT molecular complexity index is 1160. The molecule has 0 bridgehead atoms. The number of hydrogen-bond acceptors (Lipinski definition) is 7. The summed E-state index contributed by atoms with van der Waals surface area (Å²) in [6.45, 7) is 9.55. The number of rotatable bonds is 9. The zero-order chi connectivity index (χ0) is 25.3. The predicted octanol–water partition coefficient (Wildman–Crippen LogP) is 3.69. The van der Waals surface area contributed by atoms with E-state index in [0.717, 1.165) is 5.56 Å². The molecule has 7 heteroatoms. The average molecular weight is 477 g/mol. The number of aryl methyl sites for hydroxylation is 1. The van der Waals surface area contributed by atoms with Gasteiger partial charge in [0.05, 0.1) is 24.7 Å². The van der Waals surface area contributed by atoms with Crippen molar-refractivity contribution in [3.05, 3.63) is 82.8 Å². The maximum absolute atomic E-state index is 12.3. The highest BCUT2D eigenvalue weighted by atomic mass is 16.5. The quantitative estimate of drug-likeness (QED) is 0.433. The van der Waals surface area contributed by atoms with Gasteiger partial charge >= 0.3 is 0 Å². The highest BCUT2D eigenvalue weighted by Crippen LogP contribution is 2.47. The first-order valence-corrected chi connectivity index (χ1v) is 12.2. The molecule has 3 aromatic rings. The highest BCUT2D eigenvalue weighted by molar-refractivity contribution is 5.41. The molecule has 1 fully saturated rings. The second kappa shape index (κ2) is 9.64. The summed E-state index contributed by atoms with van der Waals surface area (Å²) in [6, 6.07) is 15.5. The third-order valence-electron chi connectivity index (χ3n) is 7.37. The van der Waals surface area contributed by atoms with Gasteiger partial charge in [-0.25, -0.2) is 4.98 Å². The minimum atomic E-state index is -1.23. The van der Waals surface area contributed by atoms with Crippen molar-refractivity contribution in [1.82, 2.24) is 20.5 Å². The lowest BCUT2D eigenvalue weighted by Crippen LogP contribution is -2.63. The van der Waals surface area contributed by atoms with E-state index in [9.17, 15) is 10.2 Å². The Morgan fingerprint density at radius 3 is 2.40 bits per heavy atom. The van der Waals surface area contributed by atoms with Crippen LogP contribution < -0.4 is 10.1 Å². The number of nitrogens with zero attached hydrogens (tertiary/aromatic N) is 3. The number of methoxy groups -OCH3 is 1. The summed E-state index contributed by atoms with van der Waals surface area (Å²) < 4.78 is 5.20. The molecule has 1 aliphatic heterocycles. The zero-order valence-electron chi connectivity index (χ0n) is 21.2. The van der Waals surface area contributed by atoms with Crippen LogP contribution in [0.3, 0.4) is 0 Å². The van der Waals surface area contributed by atoms with Gasteiger partial charge in [0.25, 0.3) is 0 Å². The monoisotopic (exact) mass is 476 g/mol. The standard InChI is InChI=1S/C28H36N4O3/c1-19(2)20-9-11-21(12-10-20)28(34,26(3)17-29-18-26)22-15-23(32-30-16-22)13-14-27(4,33)24-7-6-8-25(31-24)35-5/h6-12,15-16,19,29,33-34H,13-14,17-18H2,1-5H3. The fourth-order valence-corrected chi connectivity index (χ4v) is 4.79. The first kappa shape index (κ1) is 25.2. The van der Waals surface area contributed by atoms with Crippen molar-refractivity contribution in [3.63, 3.8) is 0 Å². The second-order valence-electron chi connectivity index (χ2n) is 10.4. The van der Waals surface area contributed by atoms with Crippen LogP contribution in [0.2, 0.25) is 0 Å². The number of benzene rings is 1. The van der Waals surface area contributed by atoms with Crippen molar-refractivity contribution in [3.8, 4) is 5.88 Å². The molecule has 3 heterocycles. The van der Waals surface area contributed by atoms with Gasteiger partial charge < -0.3 is 20.3 Å². The van der Waals surface area contributed by atoms with Crippen molar-refractivity contribution in [1.29, 1.82) is 0 Å². The van der Waals surface area contributed by atoms with E-state index in [-0.39, 0.29) is 5.41 Å². The molecule has 7 nitrogen and oxygen atoms in total. The largest absolute Gasteiger partial charge is 0.481 e. The molecule has 1 saturated heterocycles. The topological polar surface area (TPSA) is 100 Å². The molecule has 0 radical (unpaired) electrons. The Labute approximate surface area is 207 Å². The number of aliphatic hydroxyl groups is 2. The van der Waals surface area contributed by atoms with Crippen LogP contribution in [0.5, 0.6) is 5.88 Å². The van der Waals surface area contributed by atoms with Crippen LogP contribution in [0.1, 0.15) is 68.1 Å². The second-order valence-corrected chi connectivity index (χ2v) is 10.4. The van der Waals surface area contributed by atoms with Crippen molar-refractivity contribution >= 4 is 0 Å². The van der Waals surface area contributed by atoms with Crippen LogP contribution >= 0.6 is 0 Å². The third kappa shape index (κ3) is 4.81. The van der Waals surface area contributed by atoms with E-state index in [2.05, 4.69) is 53.4 Å². The molecular formula is C28H36N4O3. The van der Waals surface area contributed by atoms with Gasteiger partial charge in [-0.05, 0) is 48.9 Å². The fourth-order valence-electron chi connectivity index (χ4n) is 4.79. The number of pyridine rings is 1. The van der Waals surface area contributed by atoms with Gasteiger partial charge in [0.15, 0.2) is 0 Å². The van der Waals surface area contributed by atoms with Crippen molar-refractivity contribution in [2.45, 2.75) is 57.7 Å². The van der Waals surface area contributed by atoms with Gasteiger partial charge in [-0.3, -0.25) is 0 Å². The SMILES string of the molecule is COc1cccc(C(C)(O)CCc2cc(C(O)(c3ccc(C(C)C)cc3)C3(C)CNC3)cnn2)n1. The van der Waals surface area contributed by atoms with Crippen LogP contribution in [-0.2, 0) is 17.6 Å². The van der Waals surface area contributed by atoms with Gasteiger partial charge in [-0.2, -0.15) is 10.2 Å². The molecule has 4 rings (SSSR count). The van der Waals surface area contributed by atoms with Crippen molar-refractivity contribution in [2.24, 2.45) is 5.41 Å². The molecule has 1 aliphatic rings. The molecule has 186 valence electrons.